The van der Waals surface area contributed by atoms with Gasteiger partial charge in [-0.3, -0.25) is 4.90 Å². The van der Waals surface area contributed by atoms with Crippen molar-refractivity contribution in [1.29, 1.82) is 0 Å². The van der Waals surface area contributed by atoms with E-state index in [4.69, 9.17) is 0 Å². The average Bonchev–Trinajstić information content (AvgIpc) is 2.45. The predicted octanol–water partition coefficient (Wildman–Crippen LogP) is 4.17. The summed E-state index contributed by atoms with van der Waals surface area (Å²) in [7, 11) is 0. The monoisotopic (exact) mass is 275 g/mol. The Balaban J connectivity index is 0.00000180. The average molecular weight is 276 g/mol. The van der Waals surface area contributed by atoms with Gasteiger partial charge in [0.1, 0.15) is 0 Å². The first-order valence-electron chi connectivity index (χ1n) is 6.68. The third-order valence-corrected chi connectivity index (χ3v) is 3.26. The molecule has 0 aliphatic heterocycles. The lowest BCUT2D eigenvalue weighted by molar-refractivity contribution is 0.283. The van der Waals surface area contributed by atoms with Crippen LogP contribution < -0.4 is 0 Å². The SMILES string of the molecule is CCN(CCc1ccccc1)Cc1ccccc1.Cl. The number of hydrogen-bond donors (Lipinski definition) is 0. The van der Waals surface area contributed by atoms with Gasteiger partial charge in [0, 0.05) is 13.1 Å². The maximum absolute atomic E-state index is 2.49. The van der Waals surface area contributed by atoms with Gasteiger partial charge in [-0.2, -0.15) is 0 Å². The molecule has 0 saturated heterocycles. The zero-order valence-electron chi connectivity index (χ0n) is 11.5. The molecule has 0 unspecified atom stereocenters. The smallest absolute Gasteiger partial charge is 0.0233 e. The van der Waals surface area contributed by atoms with Crippen LogP contribution in [0.15, 0.2) is 60.7 Å². The van der Waals surface area contributed by atoms with Gasteiger partial charge in [0.2, 0.25) is 0 Å². The minimum Gasteiger partial charge on any atom is -0.299 e. The first-order valence-corrected chi connectivity index (χ1v) is 6.68. The molecule has 0 aromatic heterocycles. The molecule has 0 atom stereocenters. The van der Waals surface area contributed by atoms with Crippen LogP contribution >= 0.6 is 12.4 Å². The highest BCUT2D eigenvalue weighted by Gasteiger charge is 2.03. The molecule has 2 rings (SSSR count). The zero-order valence-corrected chi connectivity index (χ0v) is 12.3. The van der Waals surface area contributed by atoms with Gasteiger partial charge in [-0.05, 0) is 24.1 Å². The highest BCUT2D eigenvalue weighted by atomic mass is 35.5. The van der Waals surface area contributed by atoms with Gasteiger partial charge in [0.25, 0.3) is 0 Å². The highest BCUT2D eigenvalue weighted by molar-refractivity contribution is 5.85. The number of likely N-dealkylation sites (N-methyl/N-ethyl adjacent to an activating group) is 1. The molecule has 0 heterocycles. The fourth-order valence-corrected chi connectivity index (χ4v) is 2.12. The molecule has 19 heavy (non-hydrogen) atoms. The number of hydrogen-bond acceptors (Lipinski definition) is 1. The molecule has 0 amide bonds. The topological polar surface area (TPSA) is 3.24 Å². The zero-order chi connectivity index (χ0) is 12.6. The second kappa shape index (κ2) is 8.73. The lowest BCUT2D eigenvalue weighted by Gasteiger charge is -2.20. The van der Waals surface area contributed by atoms with E-state index < -0.39 is 0 Å². The molecule has 0 aliphatic carbocycles. The number of rotatable bonds is 6. The quantitative estimate of drug-likeness (QED) is 0.765. The van der Waals surface area contributed by atoms with E-state index >= 15 is 0 Å². The Morgan fingerprint density at radius 3 is 1.84 bits per heavy atom. The Hall–Kier alpha value is -1.31. The minimum absolute atomic E-state index is 0. The van der Waals surface area contributed by atoms with Crippen molar-refractivity contribution < 1.29 is 0 Å². The first kappa shape index (κ1) is 15.7. The minimum atomic E-state index is 0. The van der Waals surface area contributed by atoms with Gasteiger partial charge in [0.15, 0.2) is 0 Å². The molecule has 0 radical (unpaired) electrons. The number of benzene rings is 2. The molecule has 0 aliphatic rings. The summed E-state index contributed by atoms with van der Waals surface area (Å²) >= 11 is 0. The van der Waals surface area contributed by atoms with Crippen molar-refractivity contribution in [2.45, 2.75) is 19.9 Å². The van der Waals surface area contributed by atoms with Gasteiger partial charge in [-0.1, -0.05) is 67.6 Å². The van der Waals surface area contributed by atoms with Crippen LogP contribution in [0.2, 0.25) is 0 Å². The highest BCUT2D eigenvalue weighted by Crippen LogP contribution is 2.06. The molecule has 2 aromatic carbocycles. The third kappa shape index (κ3) is 5.46. The molecule has 2 aromatic rings. The van der Waals surface area contributed by atoms with Crippen LogP contribution in [-0.4, -0.2) is 18.0 Å². The summed E-state index contributed by atoms with van der Waals surface area (Å²) in [4.78, 5) is 2.49. The van der Waals surface area contributed by atoms with E-state index in [2.05, 4.69) is 72.5 Å². The molecule has 0 saturated carbocycles. The van der Waals surface area contributed by atoms with Crippen molar-refractivity contribution in [2.75, 3.05) is 13.1 Å². The number of halogens is 1. The van der Waals surface area contributed by atoms with Gasteiger partial charge in [0.05, 0.1) is 0 Å². The standard InChI is InChI=1S/C17H21N.ClH/c1-2-18(15-17-11-7-4-8-12-17)14-13-16-9-5-3-6-10-16;/h3-12H,2,13-15H2,1H3;1H. The Bertz CT molecular complexity index is 441. The number of nitrogens with zero attached hydrogens (tertiary/aromatic N) is 1. The fraction of sp³-hybridized carbons (Fsp3) is 0.294. The second-order valence-electron chi connectivity index (χ2n) is 4.59. The summed E-state index contributed by atoms with van der Waals surface area (Å²) in [5.74, 6) is 0. The maximum Gasteiger partial charge on any atom is 0.0233 e. The van der Waals surface area contributed by atoms with Crippen molar-refractivity contribution in [3.05, 3.63) is 71.8 Å². The van der Waals surface area contributed by atoms with Crippen molar-refractivity contribution in [3.8, 4) is 0 Å². The molecule has 1 nitrogen and oxygen atoms in total. The fourth-order valence-electron chi connectivity index (χ4n) is 2.12. The summed E-state index contributed by atoms with van der Waals surface area (Å²) < 4.78 is 0. The van der Waals surface area contributed by atoms with Crippen LogP contribution in [-0.2, 0) is 13.0 Å². The van der Waals surface area contributed by atoms with Gasteiger partial charge >= 0.3 is 0 Å². The first-order chi connectivity index (χ1) is 8.88. The predicted molar refractivity (Wildman–Crippen MR) is 84.8 cm³/mol. The van der Waals surface area contributed by atoms with E-state index in [0.29, 0.717) is 0 Å². The molecule has 0 bridgehead atoms. The molecular weight excluding hydrogens is 254 g/mol. The summed E-state index contributed by atoms with van der Waals surface area (Å²) in [6, 6.07) is 21.4. The Labute approximate surface area is 122 Å². The van der Waals surface area contributed by atoms with Crippen LogP contribution in [0.4, 0.5) is 0 Å². The van der Waals surface area contributed by atoms with E-state index in [1.165, 1.54) is 11.1 Å². The van der Waals surface area contributed by atoms with Crippen molar-refractivity contribution in [2.24, 2.45) is 0 Å². The van der Waals surface area contributed by atoms with Gasteiger partial charge in [-0.25, -0.2) is 0 Å². The third-order valence-electron chi connectivity index (χ3n) is 3.26. The summed E-state index contributed by atoms with van der Waals surface area (Å²) in [6.45, 7) is 5.50. The van der Waals surface area contributed by atoms with Crippen molar-refractivity contribution in [1.82, 2.24) is 4.90 Å². The largest absolute Gasteiger partial charge is 0.299 e. The van der Waals surface area contributed by atoms with E-state index in [0.717, 1.165) is 26.1 Å². The molecular formula is C17H22ClN. The van der Waals surface area contributed by atoms with Crippen molar-refractivity contribution in [3.63, 3.8) is 0 Å². The Kier molecular flexibility index (Phi) is 7.24. The molecule has 0 spiro atoms. The van der Waals surface area contributed by atoms with E-state index in [-0.39, 0.29) is 12.4 Å². The molecule has 2 heteroatoms. The molecule has 0 fully saturated rings. The summed E-state index contributed by atoms with van der Waals surface area (Å²) in [5, 5.41) is 0. The second-order valence-corrected chi connectivity index (χ2v) is 4.59. The lowest BCUT2D eigenvalue weighted by atomic mass is 10.1. The van der Waals surface area contributed by atoms with Gasteiger partial charge < -0.3 is 0 Å². The van der Waals surface area contributed by atoms with E-state index in [9.17, 15) is 0 Å². The molecule has 102 valence electrons. The normalized spacial score (nSPS) is 10.2. The van der Waals surface area contributed by atoms with Gasteiger partial charge in [-0.15, -0.1) is 12.4 Å². The molecule has 0 N–H and O–H groups in total. The van der Waals surface area contributed by atoms with Crippen LogP contribution in [0.3, 0.4) is 0 Å². The Morgan fingerprint density at radius 2 is 1.32 bits per heavy atom. The Morgan fingerprint density at radius 1 is 0.789 bits per heavy atom. The van der Waals surface area contributed by atoms with Crippen molar-refractivity contribution >= 4 is 12.4 Å². The lowest BCUT2D eigenvalue weighted by Crippen LogP contribution is -2.25. The van der Waals surface area contributed by atoms with Crippen LogP contribution in [0, 0.1) is 0 Å². The van der Waals surface area contributed by atoms with Crippen LogP contribution in [0.5, 0.6) is 0 Å². The summed E-state index contributed by atoms with van der Waals surface area (Å²) in [5.41, 5.74) is 2.82. The van der Waals surface area contributed by atoms with E-state index in [1.807, 2.05) is 0 Å². The van der Waals surface area contributed by atoms with Crippen LogP contribution in [0.25, 0.3) is 0 Å². The maximum atomic E-state index is 2.49. The summed E-state index contributed by atoms with van der Waals surface area (Å²) in [6.07, 6.45) is 1.13. The van der Waals surface area contributed by atoms with E-state index in [1.54, 1.807) is 0 Å². The van der Waals surface area contributed by atoms with Crippen LogP contribution in [0.1, 0.15) is 18.1 Å².